The Labute approximate surface area is 174 Å². The predicted molar refractivity (Wildman–Crippen MR) is 115 cm³/mol. The zero-order chi connectivity index (χ0) is 19.3. The highest BCUT2D eigenvalue weighted by Crippen LogP contribution is 2.22. The van der Waals surface area contributed by atoms with Crippen molar-refractivity contribution >= 4 is 40.5 Å². The number of H-pyrrole nitrogens is 2. The normalized spacial score (nSPS) is 14.5. The first-order valence-electron chi connectivity index (χ1n) is 9.87. The van der Waals surface area contributed by atoms with Crippen LogP contribution in [0.1, 0.15) is 38.5 Å². The summed E-state index contributed by atoms with van der Waals surface area (Å²) in [6, 6.07) is 7.72. The van der Waals surface area contributed by atoms with Gasteiger partial charge in [-0.1, -0.05) is 19.3 Å². The lowest BCUT2D eigenvalue weighted by Gasteiger charge is -2.22. The van der Waals surface area contributed by atoms with Crippen LogP contribution in [0.3, 0.4) is 0 Å². The molecule has 0 spiro atoms. The quantitative estimate of drug-likeness (QED) is 0.459. The van der Waals surface area contributed by atoms with Gasteiger partial charge < -0.3 is 20.4 Å². The lowest BCUT2D eigenvalue weighted by Crippen LogP contribution is -2.43. The Kier molecular flexibility index (Phi) is 6.98. The Morgan fingerprint density at radius 3 is 2.83 bits per heavy atom. The molecule has 2 heterocycles. The molecule has 0 radical (unpaired) electrons. The second-order valence-electron chi connectivity index (χ2n) is 7.26. The number of urea groups is 1. The SMILES string of the molecule is Cl.O=C(NCCCOc1ccc2nc3[nH]c(=O)[nH]c3cc2c1)NC1CCCCC1. The van der Waals surface area contributed by atoms with E-state index >= 15 is 0 Å². The highest BCUT2D eigenvalue weighted by atomic mass is 35.5. The number of imidazole rings is 1. The van der Waals surface area contributed by atoms with Gasteiger partial charge in [0.1, 0.15) is 5.75 Å². The summed E-state index contributed by atoms with van der Waals surface area (Å²) in [5.41, 5.74) is 1.73. The van der Waals surface area contributed by atoms with E-state index in [0.717, 1.165) is 35.9 Å². The summed E-state index contributed by atoms with van der Waals surface area (Å²) in [5, 5.41) is 6.82. The van der Waals surface area contributed by atoms with Crippen LogP contribution in [0.15, 0.2) is 29.1 Å². The van der Waals surface area contributed by atoms with Crippen molar-refractivity contribution in [2.24, 2.45) is 0 Å². The van der Waals surface area contributed by atoms with Crippen LogP contribution in [0.25, 0.3) is 22.1 Å². The number of ether oxygens (including phenoxy) is 1. The fourth-order valence-electron chi connectivity index (χ4n) is 3.64. The number of benzene rings is 1. The lowest BCUT2D eigenvalue weighted by atomic mass is 9.96. The van der Waals surface area contributed by atoms with E-state index in [-0.39, 0.29) is 24.1 Å². The standard InChI is InChI=1S/C20H25N5O3.ClH/c26-19(22-14-5-2-1-3-6-14)21-9-4-10-28-15-7-8-16-13(11-15)12-17-18(23-16)25-20(27)24-17;/h7-8,11-12,14H,1-6,9-10H2,(H2,21,22,26)(H2,23,24,25,27);1H. The summed E-state index contributed by atoms with van der Waals surface area (Å²) < 4.78 is 5.78. The van der Waals surface area contributed by atoms with E-state index in [2.05, 4.69) is 25.6 Å². The van der Waals surface area contributed by atoms with Gasteiger partial charge in [-0.05, 0) is 43.5 Å². The summed E-state index contributed by atoms with van der Waals surface area (Å²) in [7, 11) is 0. The number of carbonyl (C=O) groups excluding carboxylic acids is 1. The molecule has 1 aliphatic carbocycles. The number of hydrogen-bond acceptors (Lipinski definition) is 4. The molecule has 3 aromatic rings. The molecule has 1 aromatic carbocycles. The summed E-state index contributed by atoms with van der Waals surface area (Å²) in [6.45, 7) is 1.07. The average Bonchev–Trinajstić information content (AvgIpc) is 3.05. The molecule has 2 aromatic heterocycles. The van der Waals surface area contributed by atoms with Gasteiger partial charge in [0, 0.05) is 18.0 Å². The van der Waals surface area contributed by atoms with Crippen molar-refractivity contribution in [1.82, 2.24) is 25.6 Å². The maximum absolute atomic E-state index is 11.9. The number of carbonyl (C=O) groups is 1. The summed E-state index contributed by atoms with van der Waals surface area (Å²) in [6.07, 6.45) is 6.55. The van der Waals surface area contributed by atoms with Gasteiger partial charge in [0.2, 0.25) is 0 Å². The van der Waals surface area contributed by atoms with Crippen LogP contribution in [0.2, 0.25) is 0 Å². The predicted octanol–water partition coefficient (Wildman–Crippen LogP) is 3.23. The number of hydrogen-bond donors (Lipinski definition) is 4. The summed E-state index contributed by atoms with van der Waals surface area (Å²) in [5.74, 6) is 0.734. The Hall–Kier alpha value is -2.74. The third kappa shape index (κ3) is 5.41. The van der Waals surface area contributed by atoms with Crippen LogP contribution in [-0.4, -0.2) is 40.2 Å². The number of amides is 2. The highest BCUT2D eigenvalue weighted by Gasteiger charge is 2.15. The van der Waals surface area contributed by atoms with E-state index in [9.17, 15) is 9.59 Å². The minimum Gasteiger partial charge on any atom is -0.494 e. The summed E-state index contributed by atoms with van der Waals surface area (Å²) in [4.78, 5) is 33.1. The fourth-order valence-corrected chi connectivity index (χ4v) is 3.64. The fraction of sp³-hybridized carbons (Fsp3) is 0.450. The van der Waals surface area contributed by atoms with Gasteiger partial charge >= 0.3 is 11.7 Å². The van der Waals surface area contributed by atoms with Gasteiger partial charge in [-0.25, -0.2) is 14.6 Å². The van der Waals surface area contributed by atoms with Gasteiger partial charge in [-0.15, -0.1) is 12.4 Å². The third-order valence-corrected chi connectivity index (χ3v) is 5.08. The van der Waals surface area contributed by atoms with Crippen molar-refractivity contribution in [1.29, 1.82) is 0 Å². The number of rotatable bonds is 6. The molecule has 1 aliphatic rings. The van der Waals surface area contributed by atoms with E-state index in [4.69, 9.17) is 4.74 Å². The number of nitrogens with one attached hydrogen (secondary N) is 4. The molecule has 0 saturated heterocycles. The number of pyridine rings is 1. The molecule has 4 rings (SSSR count). The van der Waals surface area contributed by atoms with Crippen LogP contribution < -0.4 is 21.1 Å². The number of aromatic amines is 2. The zero-order valence-electron chi connectivity index (χ0n) is 16.1. The molecule has 29 heavy (non-hydrogen) atoms. The minimum atomic E-state index is -0.269. The first-order chi connectivity index (χ1) is 13.7. The van der Waals surface area contributed by atoms with Gasteiger partial charge in [-0.2, -0.15) is 0 Å². The van der Waals surface area contributed by atoms with Crippen LogP contribution in [0.4, 0.5) is 4.79 Å². The average molecular weight is 420 g/mol. The topological polar surface area (TPSA) is 112 Å². The largest absolute Gasteiger partial charge is 0.494 e. The van der Waals surface area contributed by atoms with Gasteiger partial charge in [-0.3, -0.25) is 4.98 Å². The molecule has 8 nitrogen and oxygen atoms in total. The number of halogens is 1. The number of fused-ring (bicyclic) bond motifs is 2. The van der Waals surface area contributed by atoms with Crippen molar-refractivity contribution in [3.63, 3.8) is 0 Å². The second kappa shape index (κ2) is 9.65. The van der Waals surface area contributed by atoms with Crippen molar-refractivity contribution in [3.05, 3.63) is 34.7 Å². The van der Waals surface area contributed by atoms with Gasteiger partial charge in [0.05, 0.1) is 17.6 Å². The van der Waals surface area contributed by atoms with E-state index < -0.39 is 0 Å². The maximum Gasteiger partial charge on any atom is 0.325 e. The van der Waals surface area contributed by atoms with Crippen LogP contribution in [0, 0.1) is 0 Å². The minimum absolute atomic E-state index is 0. The van der Waals surface area contributed by atoms with E-state index in [1.54, 1.807) is 0 Å². The molecule has 4 N–H and O–H groups in total. The van der Waals surface area contributed by atoms with Crippen molar-refractivity contribution in [2.45, 2.75) is 44.6 Å². The molecule has 2 amide bonds. The van der Waals surface area contributed by atoms with Crippen LogP contribution >= 0.6 is 12.4 Å². The lowest BCUT2D eigenvalue weighted by molar-refractivity contribution is 0.231. The third-order valence-electron chi connectivity index (χ3n) is 5.08. The Balaban J connectivity index is 0.00000240. The molecule has 0 atom stereocenters. The van der Waals surface area contributed by atoms with Crippen molar-refractivity contribution in [2.75, 3.05) is 13.2 Å². The number of nitrogens with zero attached hydrogens (tertiary/aromatic N) is 1. The van der Waals surface area contributed by atoms with Crippen molar-refractivity contribution < 1.29 is 9.53 Å². The Bertz CT molecular complexity index is 1030. The maximum atomic E-state index is 11.9. The Morgan fingerprint density at radius 1 is 1.17 bits per heavy atom. The van der Waals surface area contributed by atoms with E-state index in [1.165, 1.54) is 19.3 Å². The van der Waals surface area contributed by atoms with E-state index in [1.807, 2.05) is 24.3 Å². The second-order valence-corrected chi connectivity index (χ2v) is 7.26. The van der Waals surface area contributed by atoms with Crippen molar-refractivity contribution in [3.8, 4) is 5.75 Å². The first kappa shape index (κ1) is 21.0. The first-order valence-corrected chi connectivity index (χ1v) is 9.87. The summed E-state index contributed by atoms with van der Waals surface area (Å²) >= 11 is 0. The van der Waals surface area contributed by atoms with Gasteiger partial charge in [0.25, 0.3) is 0 Å². The van der Waals surface area contributed by atoms with Crippen LogP contribution in [-0.2, 0) is 0 Å². The number of aromatic nitrogens is 3. The molecule has 156 valence electrons. The Morgan fingerprint density at radius 2 is 2.00 bits per heavy atom. The molecule has 1 fully saturated rings. The molecule has 9 heteroatoms. The molecule has 0 aliphatic heterocycles. The molecular formula is C20H26ClN5O3. The van der Waals surface area contributed by atoms with Crippen LogP contribution in [0.5, 0.6) is 5.75 Å². The monoisotopic (exact) mass is 419 g/mol. The van der Waals surface area contributed by atoms with E-state index in [0.29, 0.717) is 30.4 Å². The molecule has 0 unspecified atom stereocenters. The molecule has 1 saturated carbocycles. The molecular weight excluding hydrogens is 394 g/mol. The zero-order valence-corrected chi connectivity index (χ0v) is 16.9. The smallest absolute Gasteiger partial charge is 0.325 e. The van der Waals surface area contributed by atoms with Gasteiger partial charge in [0.15, 0.2) is 5.65 Å². The molecule has 0 bridgehead atoms. The highest BCUT2D eigenvalue weighted by molar-refractivity contribution is 5.90.